The van der Waals surface area contributed by atoms with Gasteiger partial charge in [0.1, 0.15) is 12.7 Å². The average molecular weight is 133 g/mol. The van der Waals surface area contributed by atoms with E-state index in [9.17, 15) is 0 Å². The molecule has 0 aromatic carbocycles. The number of halogens is 1. The van der Waals surface area contributed by atoms with Gasteiger partial charge in [0.15, 0.2) is 0 Å². The molecular weight excluding hydrogens is 128 g/mol. The Morgan fingerprint density at radius 1 is 1.25 bits per heavy atom. The highest BCUT2D eigenvalue weighted by molar-refractivity contribution is 6.28. The summed E-state index contributed by atoms with van der Waals surface area (Å²) >= 11 is 5.28. The molecule has 3 N–H and O–H groups in total. The predicted octanol–water partition coefficient (Wildman–Crippen LogP) is 0.687. The molecule has 0 unspecified atom stereocenters. The van der Waals surface area contributed by atoms with Gasteiger partial charge >= 0.3 is 0 Å². The van der Waals surface area contributed by atoms with Crippen LogP contribution in [0, 0.1) is 0 Å². The van der Waals surface area contributed by atoms with Crippen molar-refractivity contribution in [3.05, 3.63) is 17.9 Å². The van der Waals surface area contributed by atoms with Crippen molar-refractivity contribution in [2.45, 2.75) is 0 Å². The van der Waals surface area contributed by atoms with Gasteiger partial charge in [-0.1, -0.05) is 0 Å². The molecule has 0 saturated carbocycles. The van der Waals surface area contributed by atoms with E-state index in [0.29, 0.717) is 0 Å². The zero-order valence-electron chi connectivity index (χ0n) is 4.08. The maximum Gasteiger partial charge on any atom is 0.225 e. The lowest BCUT2D eigenvalue weighted by molar-refractivity contribution is 1.05. The van der Waals surface area contributed by atoms with Crippen molar-refractivity contribution in [1.29, 1.82) is 0 Å². The zero-order chi connectivity index (χ0) is 5.11. The van der Waals surface area contributed by atoms with E-state index in [1.807, 2.05) is 0 Å². The highest BCUT2D eigenvalue weighted by Gasteiger charge is 1.79. The van der Waals surface area contributed by atoms with Crippen LogP contribution in [0.5, 0.6) is 0 Å². The van der Waals surface area contributed by atoms with Crippen molar-refractivity contribution in [2.24, 2.45) is 0 Å². The molecule has 1 heterocycles. The lowest BCUT2D eigenvalue weighted by Crippen LogP contribution is -1.79. The summed E-state index contributed by atoms with van der Waals surface area (Å²) in [7, 11) is 0. The molecule has 0 saturated heterocycles. The molecular formula is C3H5ClN4. The Morgan fingerprint density at radius 3 is 2.00 bits per heavy atom. The smallest absolute Gasteiger partial charge is 0.225 e. The van der Waals surface area contributed by atoms with Crippen LogP contribution in [0.2, 0.25) is 5.28 Å². The third-order valence-electron chi connectivity index (χ3n) is 0.462. The van der Waals surface area contributed by atoms with Crippen LogP contribution in [0.4, 0.5) is 0 Å². The zero-order valence-corrected chi connectivity index (χ0v) is 4.84. The Balaban J connectivity index is 0.000000490. The Hall–Kier alpha value is -0.740. The Kier molecular flexibility index (Phi) is 2.98. The monoisotopic (exact) mass is 132 g/mol. The third-order valence-corrected chi connectivity index (χ3v) is 0.657. The van der Waals surface area contributed by atoms with Crippen LogP contribution in [-0.2, 0) is 0 Å². The summed E-state index contributed by atoms with van der Waals surface area (Å²) in [6, 6.07) is 0. The number of hydrogen-bond acceptors (Lipinski definition) is 4. The first kappa shape index (κ1) is 7.26. The minimum atomic E-state index is 0. The third kappa shape index (κ3) is 1.81. The summed E-state index contributed by atoms with van der Waals surface area (Å²) < 4.78 is 0. The van der Waals surface area contributed by atoms with E-state index in [0.717, 1.165) is 0 Å². The number of rotatable bonds is 0. The van der Waals surface area contributed by atoms with Crippen LogP contribution in [0.25, 0.3) is 0 Å². The first-order valence-electron chi connectivity index (χ1n) is 1.67. The molecule has 1 aromatic rings. The normalized spacial score (nSPS) is 7.62. The van der Waals surface area contributed by atoms with E-state index in [1.54, 1.807) is 0 Å². The van der Waals surface area contributed by atoms with Gasteiger partial charge in [-0.2, -0.15) is 0 Å². The fourth-order valence-corrected chi connectivity index (χ4v) is 0.312. The molecule has 0 bridgehead atoms. The number of nitrogens with zero attached hydrogens (tertiary/aromatic N) is 3. The topological polar surface area (TPSA) is 73.7 Å². The fraction of sp³-hybridized carbons (Fsp3) is 0. The van der Waals surface area contributed by atoms with Crippen molar-refractivity contribution in [3.63, 3.8) is 0 Å². The van der Waals surface area contributed by atoms with E-state index >= 15 is 0 Å². The molecule has 4 nitrogen and oxygen atoms in total. The summed E-state index contributed by atoms with van der Waals surface area (Å²) in [5.74, 6) is 0. The second kappa shape index (κ2) is 3.29. The van der Waals surface area contributed by atoms with Crippen molar-refractivity contribution < 1.29 is 0 Å². The number of aromatic nitrogens is 3. The molecule has 8 heavy (non-hydrogen) atoms. The van der Waals surface area contributed by atoms with Crippen LogP contribution in [0.3, 0.4) is 0 Å². The largest absolute Gasteiger partial charge is 0.344 e. The predicted molar refractivity (Wildman–Crippen MR) is 29.9 cm³/mol. The molecule has 1 aromatic heterocycles. The fourth-order valence-electron chi connectivity index (χ4n) is 0.225. The van der Waals surface area contributed by atoms with E-state index in [1.165, 1.54) is 12.7 Å². The maximum atomic E-state index is 5.28. The first-order valence-corrected chi connectivity index (χ1v) is 2.05. The summed E-state index contributed by atoms with van der Waals surface area (Å²) in [4.78, 5) is 10.6. The molecule has 0 aliphatic carbocycles. The standard InChI is InChI=1S/C3H2ClN3.H3N/c4-3-6-1-5-2-7-3;/h1-2H;1H3. The van der Waals surface area contributed by atoms with Crippen LogP contribution >= 0.6 is 11.6 Å². The molecule has 0 aliphatic heterocycles. The molecule has 1 rings (SSSR count). The Morgan fingerprint density at radius 2 is 1.75 bits per heavy atom. The van der Waals surface area contributed by atoms with Crippen LogP contribution in [-0.4, -0.2) is 15.0 Å². The van der Waals surface area contributed by atoms with E-state index in [2.05, 4.69) is 15.0 Å². The maximum absolute atomic E-state index is 5.28. The molecule has 0 atom stereocenters. The first-order chi connectivity index (χ1) is 3.39. The Labute approximate surface area is 51.5 Å². The number of hydrogen-bond donors (Lipinski definition) is 1. The Bertz CT molecular complexity index is 141. The lowest BCUT2D eigenvalue weighted by atomic mass is 11.1. The second-order valence-electron chi connectivity index (χ2n) is 0.907. The molecule has 5 heteroatoms. The average Bonchev–Trinajstić information content (AvgIpc) is 1.69. The quantitative estimate of drug-likeness (QED) is 0.564. The van der Waals surface area contributed by atoms with Gasteiger partial charge in [-0.05, 0) is 11.6 Å². The van der Waals surface area contributed by atoms with Gasteiger partial charge in [0.2, 0.25) is 5.28 Å². The summed E-state index contributed by atoms with van der Waals surface area (Å²) in [5.41, 5.74) is 0. The van der Waals surface area contributed by atoms with Gasteiger partial charge in [0, 0.05) is 0 Å². The van der Waals surface area contributed by atoms with Gasteiger partial charge in [-0.3, -0.25) is 0 Å². The minimum Gasteiger partial charge on any atom is -0.344 e. The second-order valence-corrected chi connectivity index (χ2v) is 1.25. The molecule has 0 radical (unpaired) electrons. The minimum absolute atomic E-state index is 0. The molecule has 44 valence electrons. The van der Waals surface area contributed by atoms with Gasteiger partial charge in [-0.15, -0.1) is 0 Å². The van der Waals surface area contributed by atoms with E-state index in [-0.39, 0.29) is 11.4 Å². The van der Waals surface area contributed by atoms with Gasteiger partial charge < -0.3 is 6.15 Å². The highest BCUT2D eigenvalue weighted by Crippen LogP contribution is 1.90. The molecule has 0 aliphatic rings. The summed E-state index contributed by atoms with van der Waals surface area (Å²) in [5, 5.41) is 0.231. The summed E-state index contributed by atoms with van der Waals surface area (Å²) in [6.07, 6.45) is 2.69. The molecule has 0 amide bonds. The van der Waals surface area contributed by atoms with Crippen LogP contribution < -0.4 is 6.15 Å². The van der Waals surface area contributed by atoms with Crippen molar-refractivity contribution in [2.75, 3.05) is 0 Å². The SMILES string of the molecule is Clc1ncncn1.N. The van der Waals surface area contributed by atoms with Gasteiger partial charge in [0.05, 0.1) is 0 Å². The highest BCUT2D eigenvalue weighted by atomic mass is 35.5. The van der Waals surface area contributed by atoms with E-state index in [4.69, 9.17) is 11.6 Å². The van der Waals surface area contributed by atoms with E-state index < -0.39 is 0 Å². The van der Waals surface area contributed by atoms with Crippen molar-refractivity contribution in [1.82, 2.24) is 21.1 Å². The van der Waals surface area contributed by atoms with Gasteiger partial charge in [-0.25, -0.2) is 15.0 Å². The van der Waals surface area contributed by atoms with Crippen LogP contribution in [0.1, 0.15) is 0 Å². The molecule has 0 spiro atoms. The van der Waals surface area contributed by atoms with Gasteiger partial charge in [0.25, 0.3) is 0 Å². The molecule has 0 fully saturated rings. The lowest BCUT2D eigenvalue weighted by Gasteiger charge is -1.78. The van der Waals surface area contributed by atoms with Crippen molar-refractivity contribution >= 4 is 11.6 Å². The summed E-state index contributed by atoms with van der Waals surface area (Å²) in [6.45, 7) is 0. The van der Waals surface area contributed by atoms with Crippen LogP contribution in [0.15, 0.2) is 12.7 Å². The van der Waals surface area contributed by atoms with Crippen molar-refractivity contribution in [3.8, 4) is 0 Å².